The van der Waals surface area contributed by atoms with Gasteiger partial charge in [-0.1, -0.05) is 11.6 Å². The van der Waals surface area contributed by atoms with Gasteiger partial charge in [-0.25, -0.2) is 9.97 Å². The molecule has 0 unspecified atom stereocenters. The summed E-state index contributed by atoms with van der Waals surface area (Å²) >= 11 is 9.57. The lowest BCUT2D eigenvalue weighted by molar-refractivity contribution is 0.245. The third-order valence-electron chi connectivity index (χ3n) is 5.00. The molecule has 0 spiro atoms. The molecule has 28 heavy (non-hydrogen) atoms. The normalized spacial score (nSPS) is 14.2. The summed E-state index contributed by atoms with van der Waals surface area (Å²) < 4.78 is 0. The van der Waals surface area contributed by atoms with Crippen molar-refractivity contribution in [3.8, 4) is 22.5 Å². The first-order chi connectivity index (χ1) is 13.7. The van der Waals surface area contributed by atoms with Crippen molar-refractivity contribution in [2.24, 2.45) is 0 Å². The van der Waals surface area contributed by atoms with Crippen LogP contribution < -0.4 is 0 Å². The molecule has 0 amide bonds. The second kappa shape index (κ2) is 7.76. The average molecular weight is 424 g/mol. The number of nitrogens with zero attached hydrogens (tertiary/aromatic N) is 3. The number of thiophene rings is 2. The number of hydrogen-bond acceptors (Lipinski definition) is 5. The van der Waals surface area contributed by atoms with Crippen LogP contribution in [-0.2, 0) is 19.5 Å². The molecule has 1 aromatic carbocycles. The molecule has 0 atom stereocenters. The van der Waals surface area contributed by atoms with Crippen LogP contribution in [0.4, 0.5) is 0 Å². The number of fused-ring (bicyclic) bond motifs is 1. The van der Waals surface area contributed by atoms with Gasteiger partial charge < -0.3 is 0 Å². The van der Waals surface area contributed by atoms with Crippen molar-refractivity contribution in [1.29, 1.82) is 0 Å². The maximum atomic E-state index is 5.98. The van der Waals surface area contributed by atoms with Gasteiger partial charge in [-0.2, -0.15) is 11.3 Å². The van der Waals surface area contributed by atoms with E-state index >= 15 is 0 Å². The van der Waals surface area contributed by atoms with Crippen molar-refractivity contribution in [2.75, 3.05) is 6.54 Å². The van der Waals surface area contributed by atoms with Gasteiger partial charge in [0.1, 0.15) is 0 Å². The molecule has 3 nitrogen and oxygen atoms in total. The predicted molar refractivity (Wildman–Crippen MR) is 118 cm³/mol. The quantitative estimate of drug-likeness (QED) is 0.394. The van der Waals surface area contributed by atoms with Crippen LogP contribution >= 0.6 is 34.3 Å². The van der Waals surface area contributed by atoms with Gasteiger partial charge >= 0.3 is 0 Å². The minimum Gasteiger partial charge on any atom is -0.293 e. The van der Waals surface area contributed by atoms with Gasteiger partial charge in [0, 0.05) is 53.3 Å². The van der Waals surface area contributed by atoms with Gasteiger partial charge in [-0.05, 0) is 63.7 Å². The highest BCUT2D eigenvalue weighted by Crippen LogP contribution is 2.29. The van der Waals surface area contributed by atoms with Gasteiger partial charge in [0.25, 0.3) is 0 Å². The van der Waals surface area contributed by atoms with Crippen molar-refractivity contribution in [3.63, 3.8) is 0 Å². The van der Waals surface area contributed by atoms with E-state index in [0.29, 0.717) is 0 Å². The lowest BCUT2D eigenvalue weighted by atomic mass is 10.1. The van der Waals surface area contributed by atoms with Gasteiger partial charge in [0.2, 0.25) is 0 Å². The van der Waals surface area contributed by atoms with Crippen molar-refractivity contribution < 1.29 is 0 Å². The highest BCUT2D eigenvalue weighted by Gasteiger charge is 2.19. The van der Waals surface area contributed by atoms with Crippen LogP contribution in [0.5, 0.6) is 0 Å². The molecule has 1 aliphatic rings. The molecule has 4 heterocycles. The van der Waals surface area contributed by atoms with Crippen molar-refractivity contribution in [3.05, 3.63) is 79.9 Å². The SMILES string of the molecule is Clc1ccc(-c2ncc3c(n2)CCN(Cc2cc(-c4ccsc4)cs2)C3)cc1. The van der Waals surface area contributed by atoms with Gasteiger partial charge in [-0.15, -0.1) is 11.3 Å². The molecular formula is C22H18ClN3S2. The summed E-state index contributed by atoms with van der Waals surface area (Å²) in [5.41, 5.74) is 6.06. The van der Waals surface area contributed by atoms with Crippen LogP contribution in [0.15, 0.2) is 58.7 Å². The summed E-state index contributed by atoms with van der Waals surface area (Å²) in [6.07, 6.45) is 2.95. The van der Waals surface area contributed by atoms with E-state index in [1.807, 2.05) is 41.8 Å². The number of hydrogen-bond donors (Lipinski definition) is 0. The molecule has 6 heteroatoms. The summed E-state index contributed by atoms with van der Waals surface area (Å²) in [6.45, 7) is 2.91. The minimum atomic E-state index is 0.730. The largest absolute Gasteiger partial charge is 0.293 e. The molecule has 0 saturated heterocycles. The van der Waals surface area contributed by atoms with Gasteiger partial charge in [0.05, 0.1) is 5.69 Å². The Morgan fingerprint density at radius 2 is 1.93 bits per heavy atom. The summed E-state index contributed by atoms with van der Waals surface area (Å²) in [6, 6.07) is 12.2. The first kappa shape index (κ1) is 18.0. The van der Waals surface area contributed by atoms with E-state index in [1.54, 1.807) is 11.3 Å². The molecule has 5 rings (SSSR count). The first-order valence-electron chi connectivity index (χ1n) is 9.18. The minimum absolute atomic E-state index is 0.730. The lowest BCUT2D eigenvalue weighted by Crippen LogP contribution is -2.30. The van der Waals surface area contributed by atoms with E-state index < -0.39 is 0 Å². The highest BCUT2D eigenvalue weighted by atomic mass is 35.5. The number of benzene rings is 1. The molecule has 3 aromatic heterocycles. The highest BCUT2D eigenvalue weighted by molar-refractivity contribution is 7.10. The standard InChI is InChI=1S/C22H18ClN3S2/c23-19-3-1-15(2-4-19)22-24-10-18-11-26(7-5-21(18)25-22)12-20-9-17(14-28-20)16-6-8-27-13-16/h1-4,6,8-10,13-14H,5,7,11-12H2. The zero-order chi connectivity index (χ0) is 18.9. The Balaban J connectivity index is 1.30. The van der Waals surface area contributed by atoms with Gasteiger partial charge in [0.15, 0.2) is 5.82 Å². The molecule has 0 bridgehead atoms. The maximum absolute atomic E-state index is 5.98. The molecule has 140 valence electrons. The Labute approximate surface area is 177 Å². The molecule has 0 saturated carbocycles. The van der Waals surface area contributed by atoms with Crippen LogP contribution in [-0.4, -0.2) is 21.4 Å². The lowest BCUT2D eigenvalue weighted by Gasteiger charge is -2.27. The van der Waals surface area contributed by atoms with Crippen molar-refractivity contribution in [2.45, 2.75) is 19.5 Å². The topological polar surface area (TPSA) is 29.0 Å². The number of halogens is 1. The Morgan fingerprint density at radius 1 is 1.04 bits per heavy atom. The van der Waals surface area contributed by atoms with E-state index in [9.17, 15) is 0 Å². The Hall–Kier alpha value is -2.05. The summed E-state index contributed by atoms with van der Waals surface area (Å²) in [7, 11) is 0. The molecule has 1 aliphatic heterocycles. The summed E-state index contributed by atoms with van der Waals surface area (Å²) in [5, 5.41) is 7.33. The zero-order valence-electron chi connectivity index (χ0n) is 15.1. The average Bonchev–Trinajstić information content (AvgIpc) is 3.40. The van der Waals surface area contributed by atoms with Crippen molar-refractivity contribution in [1.82, 2.24) is 14.9 Å². The Kier molecular flexibility index (Phi) is 4.99. The molecular weight excluding hydrogens is 406 g/mol. The third-order valence-corrected chi connectivity index (χ3v) is 6.86. The maximum Gasteiger partial charge on any atom is 0.159 e. The summed E-state index contributed by atoms with van der Waals surface area (Å²) in [4.78, 5) is 13.3. The van der Waals surface area contributed by atoms with Crippen LogP contribution in [0.3, 0.4) is 0 Å². The van der Waals surface area contributed by atoms with E-state index in [1.165, 1.54) is 27.3 Å². The fourth-order valence-corrected chi connectivity index (χ4v) is 5.24. The van der Waals surface area contributed by atoms with E-state index in [2.05, 4.69) is 38.2 Å². The molecule has 4 aromatic rings. The van der Waals surface area contributed by atoms with E-state index in [4.69, 9.17) is 16.6 Å². The smallest absolute Gasteiger partial charge is 0.159 e. The molecule has 0 N–H and O–H groups in total. The van der Waals surface area contributed by atoms with E-state index in [-0.39, 0.29) is 0 Å². The predicted octanol–water partition coefficient (Wildman–Crippen LogP) is 6.15. The fourth-order valence-electron chi connectivity index (χ4n) is 3.51. The monoisotopic (exact) mass is 423 g/mol. The zero-order valence-corrected chi connectivity index (χ0v) is 17.5. The summed E-state index contributed by atoms with van der Waals surface area (Å²) in [5.74, 6) is 0.780. The van der Waals surface area contributed by atoms with Crippen LogP contribution in [0.1, 0.15) is 16.1 Å². The van der Waals surface area contributed by atoms with Gasteiger partial charge in [-0.3, -0.25) is 4.90 Å². The van der Waals surface area contributed by atoms with Crippen LogP contribution in [0.25, 0.3) is 22.5 Å². The van der Waals surface area contributed by atoms with Crippen molar-refractivity contribution >= 4 is 34.3 Å². The van der Waals surface area contributed by atoms with Crippen LogP contribution in [0, 0.1) is 0 Å². The molecule has 0 fully saturated rings. The number of aromatic nitrogens is 2. The first-order valence-corrected chi connectivity index (χ1v) is 11.4. The molecule has 0 radical (unpaired) electrons. The van der Waals surface area contributed by atoms with Crippen LogP contribution in [0.2, 0.25) is 5.02 Å². The Bertz CT molecular complexity index is 1090. The Morgan fingerprint density at radius 3 is 2.75 bits per heavy atom. The molecule has 0 aliphatic carbocycles. The fraction of sp³-hybridized carbons (Fsp3) is 0.182. The number of rotatable bonds is 4. The second-order valence-electron chi connectivity index (χ2n) is 6.95. The third kappa shape index (κ3) is 3.76. The second-order valence-corrected chi connectivity index (χ2v) is 9.16. The van der Waals surface area contributed by atoms with E-state index in [0.717, 1.165) is 42.5 Å².